The minimum absolute atomic E-state index is 0.0122. The highest BCUT2D eigenvalue weighted by Gasteiger charge is 2.15. The molecule has 14 heavy (non-hydrogen) atoms. The SMILES string of the molecule is Cc1cccc(C(O)C(C)CC#N)c1. The molecule has 2 heteroatoms. The molecule has 1 aromatic carbocycles. The van der Waals surface area contributed by atoms with Crippen LogP contribution < -0.4 is 0 Å². The normalized spacial score (nSPS) is 14.4. The zero-order valence-electron chi connectivity index (χ0n) is 8.57. The molecule has 2 nitrogen and oxygen atoms in total. The number of benzene rings is 1. The molecule has 0 aliphatic heterocycles. The van der Waals surface area contributed by atoms with Crippen molar-refractivity contribution in [2.75, 3.05) is 0 Å². The Kier molecular flexibility index (Phi) is 3.67. The first-order chi connectivity index (χ1) is 6.65. The van der Waals surface area contributed by atoms with Gasteiger partial charge in [0.25, 0.3) is 0 Å². The highest BCUT2D eigenvalue weighted by molar-refractivity contribution is 5.24. The van der Waals surface area contributed by atoms with E-state index in [-0.39, 0.29) is 5.92 Å². The molecular weight excluding hydrogens is 174 g/mol. The second-order valence-electron chi connectivity index (χ2n) is 3.70. The molecule has 0 fully saturated rings. The van der Waals surface area contributed by atoms with Crippen LogP contribution in [0.4, 0.5) is 0 Å². The van der Waals surface area contributed by atoms with Crippen LogP contribution in [0.15, 0.2) is 24.3 Å². The van der Waals surface area contributed by atoms with Gasteiger partial charge in [-0.3, -0.25) is 0 Å². The van der Waals surface area contributed by atoms with Crippen LogP contribution in [0.3, 0.4) is 0 Å². The number of hydrogen-bond donors (Lipinski definition) is 1. The molecule has 0 heterocycles. The second kappa shape index (κ2) is 4.78. The maximum Gasteiger partial charge on any atom is 0.0825 e. The molecule has 0 amide bonds. The van der Waals surface area contributed by atoms with E-state index in [9.17, 15) is 5.11 Å². The average Bonchev–Trinajstić information content (AvgIpc) is 2.17. The molecule has 0 radical (unpaired) electrons. The molecule has 0 aromatic heterocycles. The fourth-order valence-corrected chi connectivity index (χ4v) is 1.44. The van der Waals surface area contributed by atoms with E-state index in [2.05, 4.69) is 6.07 Å². The topological polar surface area (TPSA) is 44.0 Å². The first-order valence-corrected chi connectivity index (χ1v) is 4.76. The Morgan fingerprint density at radius 2 is 2.21 bits per heavy atom. The molecule has 0 saturated carbocycles. The predicted octanol–water partition coefficient (Wildman–Crippen LogP) is 2.58. The fraction of sp³-hybridized carbons (Fsp3) is 0.417. The maximum absolute atomic E-state index is 9.89. The summed E-state index contributed by atoms with van der Waals surface area (Å²) in [4.78, 5) is 0. The summed E-state index contributed by atoms with van der Waals surface area (Å²) in [5.74, 6) is -0.0122. The van der Waals surface area contributed by atoms with Gasteiger partial charge in [0.05, 0.1) is 12.2 Å². The van der Waals surface area contributed by atoms with Crippen molar-refractivity contribution < 1.29 is 5.11 Å². The number of aryl methyl sites for hydroxylation is 1. The highest BCUT2D eigenvalue weighted by atomic mass is 16.3. The largest absolute Gasteiger partial charge is 0.388 e. The Balaban J connectivity index is 2.79. The van der Waals surface area contributed by atoms with Gasteiger partial charge in [-0.2, -0.15) is 5.26 Å². The molecule has 0 aliphatic carbocycles. The molecule has 74 valence electrons. The molecule has 0 saturated heterocycles. The zero-order valence-corrected chi connectivity index (χ0v) is 8.57. The van der Waals surface area contributed by atoms with Crippen LogP contribution in [0, 0.1) is 24.2 Å². The predicted molar refractivity (Wildman–Crippen MR) is 55.5 cm³/mol. The second-order valence-corrected chi connectivity index (χ2v) is 3.70. The third-order valence-corrected chi connectivity index (χ3v) is 2.34. The molecule has 2 atom stereocenters. The number of nitrogens with zero attached hydrogens (tertiary/aromatic N) is 1. The van der Waals surface area contributed by atoms with E-state index in [0.29, 0.717) is 6.42 Å². The minimum atomic E-state index is -0.533. The van der Waals surface area contributed by atoms with Gasteiger partial charge in [-0.1, -0.05) is 36.8 Å². The standard InChI is InChI=1S/C12H15NO/c1-9-4-3-5-11(8-9)12(14)10(2)6-7-13/h3-5,8,10,12,14H,6H2,1-2H3. The van der Waals surface area contributed by atoms with Crippen molar-refractivity contribution in [3.05, 3.63) is 35.4 Å². The van der Waals surface area contributed by atoms with Crippen LogP contribution in [0.2, 0.25) is 0 Å². The van der Waals surface area contributed by atoms with Crippen molar-refractivity contribution in [2.24, 2.45) is 5.92 Å². The van der Waals surface area contributed by atoms with Crippen LogP contribution in [0.5, 0.6) is 0 Å². The van der Waals surface area contributed by atoms with Crippen molar-refractivity contribution in [3.8, 4) is 6.07 Å². The lowest BCUT2D eigenvalue weighted by Crippen LogP contribution is -2.08. The Bertz CT molecular complexity index is 340. The van der Waals surface area contributed by atoms with Crippen molar-refractivity contribution in [1.29, 1.82) is 5.26 Å². The van der Waals surface area contributed by atoms with Crippen LogP contribution in [0.1, 0.15) is 30.6 Å². The molecule has 0 spiro atoms. The van der Waals surface area contributed by atoms with Crippen LogP contribution in [-0.2, 0) is 0 Å². The number of nitriles is 1. The summed E-state index contributed by atoms with van der Waals surface area (Å²) >= 11 is 0. The number of hydrogen-bond acceptors (Lipinski definition) is 2. The van der Waals surface area contributed by atoms with Gasteiger partial charge in [0.15, 0.2) is 0 Å². The molecule has 1 rings (SSSR count). The third-order valence-electron chi connectivity index (χ3n) is 2.34. The van der Waals surface area contributed by atoms with Gasteiger partial charge < -0.3 is 5.11 Å². The van der Waals surface area contributed by atoms with E-state index in [1.807, 2.05) is 38.1 Å². The van der Waals surface area contributed by atoms with Gasteiger partial charge in [0.1, 0.15) is 0 Å². The Hall–Kier alpha value is -1.33. The minimum Gasteiger partial charge on any atom is -0.388 e. The average molecular weight is 189 g/mol. The maximum atomic E-state index is 9.89. The smallest absolute Gasteiger partial charge is 0.0825 e. The number of aliphatic hydroxyl groups is 1. The van der Waals surface area contributed by atoms with Gasteiger partial charge in [-0.05, 0) is 18.4 Å². The lowest BCUT2D eigenvalue weighted by atomic mass is 9.94. The van der Waals surface area contributed by atoms with E-state index in [4.69, 9.17) is 5.26 Å². The van der Waals surface area contributed by atoms with Crippen molar-refractivity contribution in [1.82, 2.24) is 0 Å². The Morgan fingerprint density at radius 3 is 2.79 bits per heavy atom. The quantitative estimate of drug-likeness (QED) is 0.794. The van der Waals surface area contributed by atoms with E-state index in [0.717, 1.165) is 11.1 Å². The molecule has 2 unspecified atom stereocenters. The first kappa shape index (κ1) is 10.7. The Labute approximate surface area is 84.8 Å². The number of aliphatic hydroxyl groups excluding tert-OH is 1. The molecule has 1 aromatic rings. The van der Waals surface area contributed by atoms with E-state index < -0.39 is 6.10 Å². The molecular formula is C12H15NO. The van der Waals surface area contributed by atoms with E-state index in [1.54, 1.807) is 0 Å². The van der Waals surface area contributed by atoms with Gasteiger partial charge in [0, 0.05) is 6.42 Å². The van der Waals surface area contributed by atoms with Crippen molar-refractivity contribution in [2.45, 2.75) is 26.4 Å². The van der Waals surface area contributed by atoms with Crippen molar-refractivity contribution in [3.63, 3.8) is 0 Å². The molecule has 0 aliphatic rings. The summed E-state index contributed by atoms with van der Waals surface area (Å²) in [7, 11) is 0. The summed E-state index contributed by atoms with van der Waals surface area (Å²) in [6.07, 6.45) is -0.149. The molecule has 1 N–H and O–H groups in total. The summed E-state index contributed by atoms with van der Waals surface area (Å²) in [5, 5.41) is 18.4. The lowest BCUT2D eigenvalue weighted by molar-refractivity contribution is 0.120. The fourth-order valence-electron chi connectivity index (χ4n) is 1.44. The Morgan fingerprint density at radius 1 is 1.50 bits per heavy atom. The van der Waals surface area contributed by atoms with Crippen LogP contribution in [-0.4, -0.2) is 5.11 Å². The number of rotatable bonds is 3. The highest BCUT2D eigenvalue weighted by Crippen LogP contribution is 2.24. The third kappa shape index (κ3) is 2.58. The van der Waals surface area contributed by atoms with Gasteiger partial charge in [0.2, 0.25) is 0 Å². The van der Waals surface area contributed by atoms with Gasteiger partial charge in [-0.15, -0.1) is 0 Å². The summed E-state index contributed by atoms with van der Waals surface area (Å²) in [5.41, 5.74) is 2.03. The first-order valence-electron chi connectivity index (χ1n) is 4.76. The van der Waals surface area contributed by atoms with E-state index >= 15 is 0 Å². The molecule has 0 bridgehead atoms. The summed E-state index contributed by atoms with van der Waals surface area (Å²) in [6, 6.07) is 9.84. The van der Waals surface area contributed by atoms with Gasteiger partial charge in [-0.25, -0.2) is 0 Å². The summed E-state index contributed by atoms with van der Waals surface area (Å²) in [6.45, 7) is 3.88. The zero-order chi connectivity index (χ0) is 10.6. The van der Waals surface area contributed by atoms with Crippen LogP contribution in [0.25, 0.3) is 0 Å². The summed E-state index contributed by atoms with van der Waals surface area (Å²) < 4.78 is 0. The monoisotopic (exact) mass is 189 g/mol. The van der Waals surface area contributed by atoms with Gasteiger partial charge >= 0.3 is 0 Å². The lowest BCUT2D eigenvalue weighted by Gasteiger charge is -2.16. The van der Waals surface area contributed by atoms with Crippen LogP contribution >= 0.6 is 0 Å². The van der Waals surface area contributed by atoms with Crippen molar-refractivity contribution >= 4 is 0 Å². The van der Waals surface area contributed by atoms with E-state index in [1.165, 1.54) is 0 Å².